The van der Waals surface area contributed by atoms with Crippen LogP contribution in [0.3, 0.4) is 0 Å². The third kappa shape index (κ3) is 5.70. The highest BCUT2D eigenvalue weighted by molar-refractivity contribution is 7.15. The lowest BCUT2D eigenvalue weighted by atomic mass is 10.1. The molecule has 0 spiro atoms. The van der Waals surface area contributed by atoms with Crippen LogP contribution < -0.4 is 10.1 Å². The van der Waals surface area contributed by atoms with Crippen molar-refractivity contribution >= 4 is 22.9 Å². The fourth-order valence-electron chi connectivity index (χ4n) is 3.10. The smallest absolute Gasteiger partial charge is 0.119 e. The highest BCUT2D eigenvalue weighted by atomic mass is 35.5. The van der Waals surface area contributed by atoms with Gasteiger partial charge in [-0.05, 0) is 60.0 Å². The second kappa shape index (κ2) is 10.4. The van der Waals surface area contributed by atoms with Gasteiger partial charge in [-0.3, -0.25) is 0 Å². The Labute approximate surface area is 186 Å². The maximum Gasteiger partial charge on any atom is 0.119 e. The molecule has 0 aliphatic carbocycles. The molecule has 0 fully saturated rings. The summed E-state index contributed by atoms with van der Waals surface area (Å²) >= 11 is 7.92. The molecule has 0 radical (unpaired) electrons. The average Bonchev–Trinajstić information content (AvgIpc) is 3.26. The van der Waals surface area contributed by atoms with E-state index in [2.05, 4.69) is 40.6 Å². The Morgan fingerprint density at radius 3 is 2.47 bits per heavy atom. The van der Waals surface area contributed by atoms with E-state index in [9.17, 15) is 0 Å². The van der Waals surface area contributed by atoms with E-state index in [0.717, 1.165) is 51.3 Å². The van der Waals surface area contributed by atoms with E-state index in [1.807, 2.05) is 54.7 Å². The minimum atomic E-state index is 0.574. The maximum absolute atomic E-state index is 6.21. The van der Waals surface area contributed by atoms with Crippen molar-refractivity contribution in [1.29, 1.82) is 0 Å². The van der Waals surface area contributed by atoms with Gasteiger partial charge in [0.05, 0.1) is 4.88 Å². The van der Waals surface area contributed by atoms with E-state index in [4.69, 9.17) is 16.3 Å². The van der Waals surface area contributed by atoms with Gasteiger partial charge < -0.3 is 10.1 Å². The molecule has 0 aliphatic rings. The van der Waals surface area contributed by atoms with E-state index in [1.165, 1.54) is 5.56 Å². The predicted octanol–water partition coefficient (Wildman–Crippen LogP) is 6.37. The number of hydrogen-bond acceptors (Lipinski definition) is 4. The van der Waals surface area contributed by atoms with Crippen LogP contribution in [0.25, 0.3) is 10.4 Å². The van der Waals surface area contributed by atoms with Crippen LogP contribution >= 0.6 is 22.9 Å². The molecule has 1 N–H and O–H groups in total. The minimum Gasteiger partial charge on any atom is -0.489 e. The standard InChI is InChI=1S/C25H23ClN2OS/c26-23-9-5-4-8-20(23)14-15-27-17-25-28-16-24(30-25)21-10-12-22(13-11-21)29-18-19-6-2-1-3-7-19/h1-13,16,27H,14-15,17-18H2. The van der Waals surface area contributed by atoms with Crippen LogP contribution in [0.1, 0.15) is 16.1 Å². The van der Waals surface area contributed by atoms with Crippen molar-refractivity contribution in [1.82, 2.24) is 10.3 Å². The Morgan fingerprint density at radius 1 is 0.900 bits per heavy atom. The SMILES string of the molecule is Clc1ccccc1CCNCc1ncc(-c2ccc(OCc3ccccc3)cc2)s1. The lowest BCUT2D eigenvalue weighted by Gasteiger charge is -2.06. The molecule has 4 rings (SSSR count). The number of rotatable bonds is 9. The largest absolute Gasteiger partial charge is 0.489 e. The maximum atomic E-state index is 6.21. The Kier molecular flexibility index (Phi) is 7.14. The molecule has 1 aromatic heterocycles. The quantitative estimate of drug-likeness (QED) is 0.310. The van der Waals surface area contributed by atoms with Crippen molar-refractivity contribution in [3.8, 4) is 16.2 Å². The van der Waals surface area contributed by atoms with Crippen molar-refractivity contribution in [2.24, 2.45) is 0 Å². The van der Waals surface area contributed by atoms with Gasteiger partial charge in [0, 0.05) is 17.8 Å². The molecule has 30 heavy (non-hydrogen) atoms. The van der Waals surface area contributed by atoms with Crippen LogP contribution in [0, 0.1) is 0 Å². The zero-order valence-electron chi connectivity index (χ0n) is 16.6. The Bertz CT molecular complexity index is 1060. The lowest BCUT2D eigenvalue weighted by Crippen LogP contribution is -2.16. The zero-order chi connectivity index (χ0) is 20.6. The lowest BCUT2D eigenvalue weighted by molar-refractivity contribution is 0.306. The monoisotopic (exact) mass is 434 g/mol. The zero-order valence-corrected chi connectivity index (χ0v) is 18.1. The minimum absolute atomic E-state index is 0.574. The third-order valence-electron chi connectivity index (χ3n) is 4.75. The van der Waals surface area contributed by atoms with Gasteiger partial charge in [-0.15, -0.1) is 11.3 Å². The van der Waals surface area contributed by atoms with E-state index < -0.39 is 0 Å². The molecule has 152 valence electrons. The number of aromatic nitrogens is 1. The average molecular weight is 435 g/mol. The molecule has 0 aliphatic heterocycles. The van der Waals surface area contributed by atoms with Gasteiger partial charge in [-0.1, -0.05) is 60.1 Å². The first-order valence-corrected chi connectivity index (χ1v) is 11.1. The molecule has 0 saturated carbocycles. The second-order valence-electron chi connectivity index (χ2n) is 6.94. The number of ether oxygens (including phenoxy) is 1. The first-order chi connectivity index (χ1) is 14.8. The second-order valence-corrected chi connectivity index (χ2v) is 8.46. The van der Waals surface area contributed by atoms with Crippen molar-refractivity contribution in [3.63, 3.8) is 0 Å². The van der Waals surface area contributed by atoms with Crippen LogP contribution in [0.4, 0.5) is 0 Å². The predicted molar refractivity (Wildman–Crippen MR) is 125 cm³/mol. The van der Waals surface area contributed by atoms with Gasteiger partial charge in [-0.25, -0.2) is 4.98 Å². The van der Waals surface area contributed by atoms with Crippen molar-refractivity contribution < 1.29 is 4.74 Å². The van der Waals surface area contributed by atoms with Gasteiger partial charge in [0.25, 0.3) is 0 Å². The first-order valence-electron chi connectivity index (χ1n) is 9.94. The molecule has 3 nitrogen and oxygen atoms in total. The summed E-state index contributed by atoms with van der Waals surface area (Å²) in [5, 5.41) is 5.36. The highest BCUT2D eigenvalue weighted by Crippen LogP contribution is 2.28. The number of nitrogens with zero attached hydrogens (tertiary/aromatic N) is 1. The summed E-state index contributed by atoms with van der Waals surface area (Å²) in [5.41, 5.74) is 3.48. The molecule has 0 atom stereocenters. The van der Waals surface area contributed by atoms with E-state index in [0.29, 0.717) is 6.61 Å². The van der Waals surface area contributed by atoms with Crippen LogP contribution in [0.5, 0.6) is 5.75 Å². The Hall–Kier alpha value is -2.66. The summed E-state index contributed by atoms with van der Waals surface area (Å²) in [7, 11) is 0. The van der Waals surface area contributed by atoms with Gasteiger partial charge >= 0.3 is 0 Å². The van der Waals surface area contributed by atoms with E-state index >= 15 is 0 Å². The Balaban J connectivity index is 1.26. The number of nitrogens with one attached hydrogen (secondary N) is 1. The highest BCUT2D eigenvalue weighted by Gasteiger charge is 2.06. The van der Waals surface area contributed by atoms with E-state index in [1.54, 1.807) is 11.3 Å². The molecular weight excluding hydrogens is 412 g/mol. The summed E-state index contributed by atoms with van der Waals surface area (Å²) in [6.45, 7) is 2.20. The topological polar surface area (TPSA) is 34.2 Å². The molecule has 0 bridgehead atoms. The molecular formula is C25H23ClN2OS. The summed E-state index contributed by atoms with van der Waals surface area (Å²) in [6.07, 6.45) is 2.85. The van der Waals surface area contributed by atoms with Crippen LogP contribution in [-0.4, -0.2) is 11.5 Å². The number of thiazole rings is 1. The van der Waals surface area contributed by atoms with Crippen molar-refractivity contribution in [2.45, 2.75) is 19.6 Å². The van der Waals surface area contributed by atoms with Crippen molar-refractivity contribution in [3.05, 3.63) is 106 Å². The van der Waals surface area contributed by atoms with Gasteiger partial charge in [0.2, 0.25) is 0 Å². The summed E-state index contributed by atoms with van der Waals surface area (Å²) in [5.74, 6) is 0.869. The molecule has 0 saturated heterocycles. The van der Waals surface area contributed by atoms with E-state index in [-0.39, 0.29) is 0 Å². The summed E-state index contributed by atoms with van der Waals surface area (Å²) < 4.78 is 5.87. The summed E-state index contributed by atoms with van der Waals surface area (Å²) in [4.78, 5) is 5.71. The van der Waals surface area contributed by atoms with Crippen LogP contribution in [0.2, 0.25) is 5.02 Å². The summed E-state index contributed by atoms with van der Waals surface area (Å²) in [6, 6.07) is 26.4. The molecule has 0 amide bonds. The first kappa shape index (κ1) is 20.6. The third-order valence-corrected chi connectivity index (χ3v) is 6.16. The number of hydrogen-bond donors (Lipinski definition) is 1. The molecule has 3 aromatic carbocycles. The van der Waals surface area contributed by atoms with Crippen molar-refractivity contribution in [2.75, 3.05) is 6.54 Å². The fourth-order valence-corrected chi connectivity index (χ4v) is 4.22. The number of benzene rings is 3. The van der Waals surface area contributed by atoms with Gasteiger partial charge in [0.1, 0.15) is 17.4 Å². The number of halogens is 1. The molecule has 4 aromatic rings. The van der Waals surface area contributed by atoms with Gasteiger partial charge in [-0.2, -0.15) is 0 Å². The molecule has 1 heterocycles. The fraction of sp³-hybridized carbons (Fsp3) is 0.160. The van der Waals surface area contributed by atoms with Crippen LogP contribution in [-0.2, 0) is 19.6 Å². The normalized spacial score (nSPS) is 10.8. The van der Waals surface area contributed by atoms with Crippen LogP contribution in [0.15, 0.2) is 85.1 Å². The van der Waals surface area contributed by atoms with Gasteiger partial charge in [0.15, 0.2) is 0 Å². The molecule has 0 unspecified atom stereocenters. The Morgan fingerprint density at radius 2 is 1.67 bits per heavy atom. The molecule has 5 heteroatoms.